The first-order valence-electron chi connectivity index (χ1n) is 8.74. The zero-order valence-electron chi connectivity index (χ0n) is 14.6. The lowest BCUT2D eigenvalue weighted by molar-refractivity contribution is 0.138. The molecule has 1 aliphatic rings. The van der Waals surface area contributed by atoms with E-state index in [4.69, 9.17) is 10.5 Å². The maximum Gasteiger partial charge on any atom is 0.119 e. The van der Waals surface area contributed by atoms with Crippen LogP contribution in [0.25, 0.3) is 0 Å². The lowest BCUT2D eigenvalue weighted by Gasteiger charge is -2.38. The van der Waals surface area contributed by atoms with Gasteiger partial charge in [0.05, 0.1) is 6.61 Å². The molecule has 1 saturated heterocycles. The Bertz CT molecular complexity index is 465. The molecule has 1 heterocycles. The predicted molar refractivity (Wildman–Crippen MR) is 93.6 cm³/mol. The van der Waals surface area contributed by atoms with Crippen molar-refractivity contribution < 1.29 is 4.74 Å². The minimum Gasteiger partial charge on any atom is -0.494 e. The van der Waals surface area contributed by atoms with Crippen molar-refractivity contribution in [3.8, 4) is 5.75 Å². The van der Waals surface area contributed by atoms with E-state index in [-0.39, 0.29) is 0 Å². The summed E-state index contributed by atoms with van der Waals surface area (Å²) < 4.78 is 5.60. The Balaban J connectivity index is 2.09. The number of benzene rings is 1. The second kappa shape index (κ2) is 7.98. The maximum atomic E-state index is 6.15. The quantitative estimate of drug-likeness (QED) is 0.873. The molecule has 0 amide bonds. The summed E-state index contributed by atoms with van der Waals surface area (Å²) in [7, 11) is 0. The van der Waals surface area contributed by atoms with Crippen LogP contribution in [0, 0.1) is 12.8 Å². The van der Waals surface area contributed by atoms with Crippen LogP contribution in [-0.4, -0.2) is 37.2 Å². The van der Waals surface area contributed by atoms with Crippen molar-refractivity contribution in [3.05, 3.63) is 29.3 Å². The molecule has 1 unspecified atom stereocenters. The van der Waals surface area contributed by atoms with Gasteiger partial charge in [0.15, 0.2) is 0 Å². The minimum atomic E-state index is 0.477. The van der Waals surface area contributed by atoms with Gasteiger partial charge in [-0.3, -0.25) is 0 Å². The fraction of sp³-hybridized carbons (Fsp3) is 0.684. The molecule has 0 spiro atoms. The van der Waals surface area contributed by atoms with Gasteiger partial charge in [0, 0.05) is 6.04 Å². The Morgan fingerprint density at radius 1 is 1.27 bits per heavy atom. The zero-order valence-corrected chi connectivity index (χ0v) is 14.6. The molecular weight excluding hydrogens is 272 g/mol. The normalized spacial score (nSPS) is 18.6. The van der Waals surface area contributed by atoms with Gasteiger partial charge in [-0.2, -0.15) is 0 Å². The van der Waals surface area contributed by atoms with E-state index in [1.54, 1.807) is 0 Å². The van der Waals surface area contributed by atoms with Crippen LogP contribution in [-0.2, 0) is 0 Å². The fourth-order valence-electron chi connectivity index (χ4n) is 3.73. The first-order chi connectivity index (χ1) is 10.6. The number of nitrogens with zero attached hydrogens (tertiary/aromatic N) is 1. The number of piperidine rings is 1. The van der Waals surface area contributed by atoms with Crippen LogP contribution in [0.1, 0.15) is 50.7 Å². The SMILES string of the molecule is CCOc1ccc(C(CN)C2CCN(C(C)C)CC2)c(C)c1. The maximum absolute atomic E-state index is 6.15. The molecule has 1 aromatic rings. The largest absolute Gasteiger partial charge is 0.494 e. The first-order valence-corrected chi connectivity index (χ1v) is 8.74. The highest BCUT2D eigenvalue weighted by Gasteiger charge is 2.28. The molecule has 0 bridgehead atoms. The standard InChI is InChI=1S/C19H32N2O/c1-5-22-17-6-7-18(15(4)12-17)19(13-20)16-8-10-21(11-9-16)14(2)3/h6-7,12,14,16,19H,5,8-11,13,20H2,1-4H3. The van der Waals surface area contributed by atoms with E-state index in [9.17, 15) is 0 Å². The third kappa shape index (κ3) is 4.02. The van der Waals surface area contributed by atoms with Crippen molar-refractivity contribution in [2.75, 3.05) is 26.2 Å². The minimum absolute atomic E-state index is 0.477. The van der Waals surface area contributed by atoms with Crippen LogP contribution in [0.3, 0.4) is 0 Å². The molecule has 0 radical (unpaired) electrons. The summed E-state index contributed by atoms with van der Waals surface area (Å²) in [5.74, 6) is 2.15. The van der Waals surface area contributed by atoms with Gasteiger partial charge in [0.2, 0.25) is 0 Å². The van der Waals surface area contributed by atoms with Crippen molar-refractivity contribution in [1.82, 2.24) is 4.90 Å². The Morgan fingerprint density at radius 3 is 2.45 bits per heavy atom. The average Bonchev–Trinajstić information content (AvgIpc) is 2.51. The molecule has 3 nitrogen and oxygen atoms in total. The van der Waals surface area contributed by atoms with E-state index in [1.165, 1.54) is 37.1 Å². The summed E-state index contributed by atoms with van der Waals surface area (Å²) in [5.41, 5.74) is 8.87. The molecule has 0 aliphatic carbocycles. The summed E-state index contributed by atoms with van der Waals surface area (Å²) in [6.07, 6.45) is 2.51. The molecule has 0 aromatic heterocycles. The Kier molecular flexibility index (Phi) is 6.27. The topological polar surface area (TPSA) is 38.5 Å². The van der Waals surface area contributed by atoms with Crippen molar-refractivity contribution in [3.63, 3.8) is 0 Å². The predicted octanol–water partition coefficient (Wildman–Crippen LogP) is 3.56. The van der Waals surface area contributed by atoms with Crippen molar-refractivity contribution in [2.45, 2.75) is 52.5 Å². The molecule has 2 rings (SSSR count). The van der Waals surface area contributed by atoms with Crippen LogP contribution in [0.2, 0.25) is 0 Å². The Hall–Kier alpha value is -1.06. The van der Waals surface area contributed by atoms with Gasteiger partial charge >= 0.3 is 0 Å². The average molecular weight is 304 g/mol. The van der Waals surface area contributed by atoms with Crippen LogP contribution >= 0.6 is 0 Å². The third-order valence-corrected chi connectivity index (χ3v) is 5.08. The molecule has 124 valence electrons. The van der Waals surface area contributed by atoms with Crippen LogP contribution in [0.4, 0.5) is 0 Å². The summed E-state index contributed by atoms with van der Waals surface area (Å²) in [4.78, 5) is 2.58. The van der Waals surface area contributed by atoms with E-state index in [1.807, 2.05) is 6.92 Å². The van der Waals surface area contributed by atoms with Gasteiger partial charge in [-0.05, 0) is 95.3 Å². The van der Waals surface area contributed by atoms with E-state index in [0.717, 1.165) is 12.3 Å². The summed E-state index contributed by atoms with van der Waals surface area (Å²) in [5, 5.41) is 0. The summed E-state index contributed by atoms with van der Waals surface area (Å²) >= 11 is 0. The molecule has 1 atom stereocenters. The zero-order chi connectivity index (χ0) is 16.1. The Labute approximate surface area is 135 Å². The van der Waals surface area contributed by atoms with Crippen LogP contribution in [0.15, 0.2) is 18.2 Å². The van der Waals surface area contributed by atoms with E-state index >= 15 is 0 Å². The number of hydrogen-bond acceptors (Lipinski definition) is 3. The van der Waals surface area contributed by atoms with Crippen molar-refractivity contribution >= 4 is 0 Å². The Morgan fingerprint density at radius 2 is 1.95 bits per heavy atom. The van der Waals surface area contributed by atoms with Gasteiger partial charge in [-0.15, -0.1) is 0 Å². The number of ether oxygens (including phenoxy) is 1. The second-order valence-electron chi connectivity index (χ2n) is 6.76. The van der Waals surface area contributed by atoms with Gasteiger partial charge in [0.1, 0.15) is 5.75 Å². The first kappa shape index (κ1) is 17.3. The highest BCUT2D eigenvalue weighted by molar-refractivity contribution is 5.37. The van der Waals surface area contributed by atoms with E-state index in [2.05, 4.69) is 43.9 Å². The monoisotopic (exact) mass is 304 g/mol. The van der Waals surface area contributed by atoms with Crippen molar-refractivity contribution in [1.29, 1.82) is 0 Å². The molecular formula is C19H32N2O. The molecule has 1 aliphatic heterocycles. The molecule has 22 heavy (non-hydrogen) atoms. The number of aryl methyl sites for hydroxylation is 1. The molecule has 0 saturated carbocycles. The summed E-state index contributed by atoms with van der Waals surface area (Å²) in [6, 6.07) is 7.14. The van der Waals surface area contributed by atoms with E-state index < -0.39 is 0 Å². The lowest BCUT2D eigenvalue weighted by atomic mass is 9.78. The van der Waals surface area contributed by atoms with Gasteiger partial charge in [-0.1, -0.05) is 6.07 Å². The number of hydrogen-bond donors (Lipinski definition) is 1. The highest BCUT2D eigenvalue weighted by atomic mass is 16.5. The van der Waals surface area contributed by atoms with E-state index in [0.29, 0.717) is 24.5 Å². The molecule has 3 heteroatoms. The van der Waals surface area contributed by atoms with Crippen LogP contribution < -0.4 is 10.5 Å². The molecule has 2 N–H and O–H groups in total. The second-order valence-corrected chi connectivity index (χ2v) is 6.76. The highest BCUT2D eigenvalue weighted by Crippen LogP contribution is 2.35. The van der Waals surface area contributed by atoms with Gasteiger partial charge < -0.3 is 15.4 Å². The molecule has 1 fully saturated rings. The fourth-order valence-corrected chi connectivity index (χ4v) is 3.73. The summed E-state index contributed by atoms with van der Waals surface area (Å²) in [6.45, 7) is 12.6. The van der Waals surface area contributed by atoms with Crippen molar-refractivity contribution in [2.24, 2.45) is 11.7 Å². The number of nitrogens with two attached hydrogens (primary N) is 1. The number of rotatable bonds is 6. The van der Waals surface area contributed by atoms with Crippen LogP contribution in [0.5, 0.6) is 5.75 Å². The number of likely N-dealkylation sites (tertiary alicyclic amines) is 1. The smallest absolute Gasteiger partial charge is 0.119 e. The lowest BCUT2D eigenvalue weighted by Crippen LogP contribution is -2.40. The van der Waals surface area contributed by atoms with Gasteiger partial charge in [-0.25, -0.2) is 0 Å². The molecule has 1 aromatic carbocycles. The van der Waals surface area contributed by atoms with Gasteiger partial charge in [0.25, 0.3) is 0 Å². The third-order valence-electron chi connectivity index (χ3n) is 5.08.